The van der Waals surface area contributed by atoms with E-state index in [2.05, 4.69) is 17.2 Å². The summed E-state index contributed by atoms with van der Waals surface area (Å²) in [5, 5.41) is 13.8. The number of carboxylic acid groups (broad SMARTS) is 1. The van der Waals surface area contributed by atoms with E-state index in [1.807, 2.05) is 0 Å². The second-order valence-corrected chi connectivity index (χ2v) is 3.90. The van der Waals surface area contributed by atoms with E-state index in [0.717, 1.165) is 0 Å². The summed E-state index contributed by atoms with van der Waals surface area (Å²) in [6.07, 6.45) is 0.856. The Morgan fingerprint density at radius 2 is 2.18 bits per heavy atom. The van der Waals surface area contributed by atoms with Gasteiger partial charge < -0.3 is 20.5 Å². The molecule has 0 saturated heterocycles. The Morgan fingerprint density at radius 3 is 2.65 bits per heavy atom. The zero-order valence-electron chi connectivity index (χ0n) is 9.66. The first kappa shape index (κ1) is 15.7. The Bertz CT molecular complexity index is 283. The molecule has 0 aliphatic heterocycles. The number of rotatable bonds is 8. The fourth-order valence-electron chi connectivity index (χ4n) is 1.07. The van der Waals surface area contributed by atoms with Gasteiger partial charge in [-0.05, 0) is 12.8 Å². The van der Waals surface area contributed by atoms with Crippen LogP contribution in [0.15, 0.2) is 11.6 Å². The van der Waals surface area contributed by atoms with Gasteiger partial charge in [-0.25, -0.2) is 9.59 Å². The van der Waals surface area contributed by atoms with E-state index in [4.69, 9.17) is 21.4 Å². The molecule has 7 heteroatoms. The van der Waals surface area contributed by atoms with E-state index in [0.29, 0.717) is 19.4 Å². The molecular weight excluding hydrogens is 248 g/mol. The minimum absolute atomic E-state index is 0.0950. The average molecular weight is 265 g/mol. The summed E-state index contributed by atoms with van der Waals surface area (Å²) in [6.45, 7) is 3.94. The third kappa shape index (κ3) is 8.53. The van der Waals surface area contributed by atoms with Crippen molar-refractivity contribution in [2.24, 2.45) is 0 Å². The molecule has 0 aliphatic rings. The molecule has 0 aromatic heterocycles. The Balaban J connectivity index is 4.02. The van der Waals surface area contributed by atoms with Crippen LogP contribution in [0, 0.1) is 0 Å². The van der Waals surface area contributed by atoms with Gasteiger partial charge in [-0.1, -0.05) is 18.2 Å². The number of urea groups is 1. The van der Waals surface area contributed by atoms with Crippen molar-refractivity contribution in [2.75, 3.05) is 20.3 Å². The SMILES string of the molecule is C=C(Cl)CNC(=O)NC(CCCOC)C(=O)O. The van der Waals surface area contributed by atoms with Crippen molar-refractivity contribution in [3.05, 3.63) is 11.6 Å². The first-order chi connectivity index (χ1) is 7.97. The fourth-order valence-corrected chi connectivity index (χ4v) is 1.14. The lowest BCUT2D eigenvalue weighted by atomic mass is 10.1. The van der Waals surface area contributed by atoms with Crippen molar-refractivity contribution in [1.82, 2.24) is 10.6 Å². The van der Waals surface area contributed by atoms with Crippen LogP contribution in [0.5, 0.6) is 0 Å². The number of halogens is 1. The fraction of sp³-hybridized carbons (Fsp3) is 0.600. The molecule has 98 valence electrons. The van der Waals surface area contributed by atoms with Crippen molar-refractivity contribution < 1.29 is 19.4 Å². The van der Waals surface area contributed by atoms with Gasteiger partial charge in [0, 0.05) is 18.7 Å². The van der Waals surface area contributed by atoms with E-state index in [-0.39, 0.29) is 11.6 Å². The lowest BCUT2D eigenvalue weighted by molar-refractivity contribution is -0.139. The molecule has 1 atom stereocenters. The van der Waals surface area contributed by atoms with E-state index in [1.165, 1.54) is 7.11 Å². The third-order valence-corrected chi connectivity index (χ3v) is 2.02. The van der Waals surface area contributed by atoms with Crippen LogP contribution in [0.2, 0.25) is 0 Å². The monoisotopic (exact) mass is 264 g/mol. The van der Waals surface area contributed by atoms with E-state index in [1.54, 1.807) is 0 Å². The number of hydrogen-bond acceptors (Lipinski definition) is 3. The Labute approximate surface area is 105 Å². The minimum atomic E-state index is -1.08. The smallest absolute Gasteiger partial charge is 0.326 e. The molecule has 2 amide bonds. The number of methoxy groups -OCH3 is 1. The number of carbonyl (C=O) groups is 2. The summed E-state index contributed by atoms with van der Waals surface area (Å²) < 4.78 is 4.81. The normalized spacial score (nSPS) is 11.6. The topological polar surface area (TPSA) is 87.7 Å². The molecule has 6 nitrogen and oxygen atoms in total. The number of hydrogen-bond donors (Lipinski definition) is 3. The molecule has 17 heavy (non-hydrogen) atoms. The van der Waals surface area contributed by atoms with Crippen LogP contribution in [0.4, 0.5) is 4.79 Å². The Morgan fingerprint density at radius 1 is 1.53 bits per heavy atom. The highest BCUT2D eigenvalue weighted by Crippen LogP contribution is 1.98. The molecular formula is C10H17ClN2O4. The zero-order chi connectivity index (χ0) is 13.3. The molecule has 0 heterocycles. The molecule has 0 radical (unpaired) electrons. The molecule has 0 aliphatic carbocycles. The van der Waals surface area contributed by atoms with Crippen molar-refractivity contribution in [3.63, 3.8) is 0 Å². The molecule has 0 spiro atoms. The molecule has 0 aromatic carbocycles. The van der Waals surface area contributed by atoms with Gasteiger partial charge in [0.05, 0.1) is 6.54 Å². The molecule has 0 fully saturated rings. The highest BCUT2D eigenvalue weighted by molar-refractivity contribution is 6.29. The zero-order valence-corrected chi connectivity index (χ0v) is 10.4. The van der Waals surface area contributed by atoms with Crippen LogP contribution < -0.4 is 10.6 Å². The summed E-state index contributed by atoms with van der Waals surface area (Å²) in [4.78, 5) is 22.1. The van der Waals surface area contributed by atoms with Gasteiger partial charge >= 0.3 is 12.0 Å². The maximum atomic E-state index is 11.3. The number of aliphatic carboxylic acids is 1. The predicted molar refractivity (Wildman–Crippen MR) is 64.1 cm³/mol. The molecule has 0 rings (SSSR count). The van der Waals surface area contributed by atoms with Crippen LogP contribution in [-0.2, 0) is 9.53 Å². The van der Waals surface area contributed by atoms with Crippen molar-refractivity contribution >= 4 is 23.6 Å². The summed E-state index contributed by atoms with van der Waals surface area (Å²) in [7, 11) is 1.53. The lowest BCUT2D eigenvalue weighted by Gasteiger charge is -2.14. The standard InChI is InChI=1S/C10H17ClN2O4/c1-7(11)6-12-10(16)13-8(9(14)15)4-3-5-17-2/h8H,1,3-6H2,2H3,(H,14,15)(H2,12,13,16). The maximum absolute atomic E-state index is 11.3. The first-order valence-electron chi connectivity index (χ1n) is 5.06. The van der Waals surface area contributed by atoms with E-state index in [9.17, 15) is 9.59 Å². The molecule has 1 unspecified atom stereocenters. The highest BCUT2D eigenvalue weighted by Gasteiger charge is 2.18. The minimum Gasteiger partial charge on any atom is -0.480 e. The third-order valence-electron chi connectivity index (χ3n) is 1.89. The van der Waals surface area contributed by atoms with Gasteiger partial charge in [0.1, 0.15) is 6.04 Å². The summed E-state index contributed by atoms with van der Waals surface area (Å²) >= 11 is 5.45. The van der Waals surface area contributed by atoms with Crippen LogP contribution in [0.1, 0.15) is 12.8 Å². The number of ether oxygens (including phenoxy) is 1. The second kappa shape index (κ2) is 8.83. The Hall–Kier alpha value is -1.27. The number of carbonyl (C=O) groups excluding carboxylic acids is 1. The summed E-state index contributed by atoms with van der Waals surface area (Å²) in [6, 6.07) is -1.52. The van der Waals surface area contributed by atoms with Crippen LogP contribution >= 0.6 is 11.6 Å². The van der Waals surface area contributed by atoms with Gasteiger partial charge in [-0.3, -0.25) is 0 Å². The second-order valence-electron chi connectivity index (χ2n) is 3.37. The van der Waals surface area contributed by atoms with Gasteiger partial charge in [0.15, 0.2) is 0 Å². The molecule has 0 saturated carbocycles. The molecule has 0 aromatic rings. The van der Waals surface area contributed by atoms with Gasteiger partial charge in [0.2, 0.25) is 0 Å². The summed E-state index contributed by atoms with van der Waals surface area (Å²) in [5.74, 6) is -1.08. The van der Waals surface area contributed by atoms with Crippen LogP contribution in [0.3, 0.4) is 0 Å². The Kier molecular flexibility index (Phi) is 8.17. The highest BCUT2D eigenvalue weighted by atomic mass is 35.5. The van der Waals surface area contributed by atoms with Gasteiger partial charge in [-0.15, -0.1) is 0 Å². The summed E-state index contributed by atoms with van der Waals surface area (Å²) in [5.41, 5.74) is 0. The van der Waals surface area contributed by atoms with Crippen molar-refractivity contribution in [1.29, 1.82) is 0 Å². The van der Waals surface area contributed by atoms with Crippen molar-refractivity contribution in [3.8, 4) is 0 Å². The van der Waals surface area contributed by atoms with Gasteiger partial charge in [0.25, 0.3) is 0 Å². The van der Waals surface area contributed by atoms with Gasteiger partial charge in [-0.2, -0.15) is 0 Å². The first-order valence-corrected chi connectivity index (χ1v) is 5.44. The van der Waals surface area contributed by atoms with Crippen LogP contribution in [0.25, 0.3) is 0 Å². The maximum Gasteiger partial charge on any atom is 0.326 e. The van der Waals surface area contributed by atoms with Crippen LogP contribution in [-0.4, -0.2) is 43.4 Å². The molecule has 0 bridgehead atoms. The predicted octanol–water partition coefficient (Wildman–Crippen LogP) is 0.918. The van der Waals surface area contributed by atoms with E-state index >= 15 is 0 Å². The number of carboxylic acids is 1. The molecule has 3 N–H and O–H groups in total. The largest absolute Gasteiger partial charge is 0.480 e. The van der Waals surface area contributed by atoms with Crippen molar-refractivity contribution in [2.45, 2.75) is 18.9 Å². The quantitative estimate of drug-likeness (QED) is 0.569. The number of amides is 2. The van der Waals surface area contributed by atoms with E-state index < -0.39 is 18.0 Å². The average Bonchev–Trinajstić information content (AvgIpc) is 2.25. The lowest BCUT2D eigenvalue weighted by Crippen LogP contribution is -2.46. The number of nitrogens with one attached hydrogen (secondary N) is 2.